The molecule has 1 amide bonds. The molecule has 126 valence electrons. The fraction of sp³-hybridized carbons (Fsp3) is 0.650. The molecule has 2 aliphatic heterocycles. The van der Waals surface area contributed by atoms with Crippen LogP contribution >= 0.6 is 0 Å². The monoisotopic (exact) mass is 314 g/mol. The molecule has 1 aromatic rings. The fourth-order valence-corrected chi connectivity index (χ4v) is 4.08. The van der Waals surface area contributed by atoms with Crippen molar-refractivity contribution in [2.45, 2.75) is 57.9 Å². The van der Waals surface area contributed by atoms with Crippen LogP contribution in [-0.4, -0.2) is 30.4 Å². The van der Waals surface area contributed by atoms with Gasteiger partial charge in [0.2, 0.25) is 5.91 Å². The summed E-state index contributed by atoms with van der Waals surface area (Å²) in [6.07, 6.45) is 7.78. The Bertz CT molecular complexity index is 522. The normalized spacial score (nSPS) is 23.5. The minimum atomic E-state index is 0.284. The first-order valence-electron chi connectivity index (χ1n) is 9.31. The van der Waals surface area contributed by atoms with Gasteiger partial charge in [0.05, 0.1) is 6.04 Å². The molecule has 0 spiro atoms. The number of aryl methyl sites for hydroxylation is 1. The van der Waals surface area contributed by atoms with E-state index in [-0.39, 0.29) is 6.04 Å². The van der Waals surface area contributed by atoms with Crippen LogP contribution in [0.25, 0.3) is 0 Å². The smallest absolute Gasteiger partial charge is 0.223 e. The van der Waals surface area contributed by atoms with Crippen molar-refractivity contribution in [3.05, 3.63) is 35.4 Å². The molecule has 3 nitrogen and oxygen atoms in total. The maximum absolute atomic E-state index is 13.0. The molecular weight excluding hydrogens is 284 g/mol. The average molecular weight is 314 g/mol. The van der Waals surface area contributed by atoms with Gasteiger partial charge in [-0.2, -0.15) is 0 Å². The van der Waals surface area contributed by atoms with Crippen molar-refractivity contribution >= 4 is 5.91 Å². The van der Waals surface area contributed by atoms with Crippen molar-refractivity contribution in [2.24, 2.45) is 5.92 Å². The number of rotatable bonds is 3. The molecule has 2 heterocycles. The molecule has 1 N–H and O–H groups in total. The van der Waals surface area contributed by atoms with Gasteiger partial charge in [-0.1, -0.05) is 42.7 Å². The van der Waals surface area contributed by atoms with Gasteiger partial charge in [0, 0.05) is 13.0 Å². The largest absolute Gasteiger partial charge is 0.336 e. The Morgan fingerprint density at radius 1 is 1.17 bits per heavy atom. The van der Waals surface area contributed by atoms with Crippen molar-refractivity contribution in [1.82, 2.24) is 10.2 Å². The lowest BCUT2D eigenvalue weighted by atomic mass is 9.93. The number of nitrogens with zero attached hydrogens (tertiary/aromatic N) is 1. The molecule has 2 fully saturated rings. The van der Waals surface area contributed by atoms with Gasteiger partial charge in [-0.25, -0.2) is 0 Å². The summed E-state index contributed by atoms with van der Waals surface area (Å²) < 4.78 is 0. The van der Waals surface area contributed by atoms with E-state index in [1.807, 2.05) is 0 Å². The summed E-state index contributed by atoms with van der Waals surface area (Å²) in [5.41, 5.74) is 2.61. The van der Waals surface area contributed by atoms with Crippen LogP contribution in [-0.2, 0) is 4.79 Å². The van der Waals surface area contributed by atoms with E-state index in [1.165, 1.54) is 24.0 Å². The quantitative estimate of drug-likeness (QED) is 0.919. The Morgan fingerprint density at radius 2 is 2.00 bits per heavy atom. The lowest BCUT2D eigenvalue weighted by molar-refractivity contribution is -0.134. The van der Waals surface area contributed by atoms with E-state index in [2.05, 4.69) is 41.4 Å². The van der Waals surface area contributed by atoms with Crippen LogP contribution in [0.15, 0.2) is 24.3 Å². The Balaban J connectivity index is 1.73. The number of hydrogen-bond acceptors (Lipinski definition) is 2. The highest BCUT2D eigenvalue weighted by atomic mass is 16.2. The van der Waals surface area contributed by atoms with E-state index >= 15 is 0 Å². The van der Waals surface area contributed by atoms with Crippen LogP contribution in [0.2, 0.25) is 0 Å². The van der Waals surface area contributed by atoms with Crippen molar-refractivity contribution in [2.75, 3.05) is 19.6 Å². The SMILES string of the molecule is Cc1cccc(C2CCCCCN2C(=O)CC2CCNCC2)c1. The van der Waals surface area contributed by atoms with Gasteiger partial charge in [-0.05, 0) is 57.2 Å². The van der Waals surface area contributed by atoms with Gasteiger partial charge in [0.25, 0.3) is 0 Å². The number of carbonyl (C=O) groups excluding carboxylic acids is 1. The predicted molar refractivity (Wildman–Crippen MR) is 94.3 cm³/mol. The molecule has 0 aliphatic carbocycles. The van der Waals surface area contributed by atoms with Gasteiger partial charge >= 0.3 is 0 Å². The summed E-state index contributed by atoms with van der Waals surface area (Å²) in [7, 11) is 0. The number of hydrogen-bond donors (Lipinski definition) is 1. The van der Waals surface area contributed by atoms with Gasteiger partial charge < -0.3 is 10.2 Å². The Hall–Kier alpha value is -1.35. The first-order valence-corrected chi connectivity index (χ1v) is 9.31. The van der Waals surface area contributed by atoms with Crippen LogP contribution in [0, 0.1) is 12.8 Å². The molecular formula is C20H30N2O. The minimum absolute atomic E-state index is 0.284. The first-order chi connectivity index (χ1) is 11.2. The lowest BCUT2D eigenvalue weighted by Crippen LogP contribution is -2.37. The second-order valence-electron chi connectivity index (χ2n) is 7.26. The molecule has 1 atom stereocenters. The zero-order valence-electron chi connectivity index (χ0n) is 14.4. The zero-order valence-corrected chi connectivity index (χ0v) is 14.4. The first kappa shape index (κ1) is 16.5. The molecule has 3 rings (SSSR count). The van der Waals surface area contributed by atoms with Crippen LogP contribution in [0.4, 0.5) is 0 Å². The summed E-state index contributed by atoms with van der Waals surface area (Å²) in [6.45, 7) is 5.21. The molecule has 3 heteroatoms. The standard InChI is InChI=1S/C20H30N2O/c1-16-6-5-7-18(14-16)19-8-3-2-4-13-22(19)20(23)15-17-9-11-21-12-10-17/h5-7,14,17,19,21H,2-4,8-13,15H2,1H3. The number of nitrogens with one attached hydrogen (secondary N) is 1. The second-order valence-corrected chi connectivity index (χ2v) is 7.26. The van der Waals surface area contributed by atoms with Crippen LogP contribution in [0.3, 0.4) is 0 Å². The molecule has 2 aliphatic rings. The summed E-state index contributed by atoms with van der Waals surface area (Å²) in [4.78, 5) is 15.2. The van der Waals surface area contributed by atoms with Crippen molar-refractivity contribution in [3.8, 4) is 0 Å². The minimum Gasteiger partial charge on any atom is -0.336 e. The topological polar surface area (TPSA) is 32.3 Å². The third-order valence-electron chi connectivity index (χ3n) is 5.42. The number of likely N-dealkylation sites (tertiary alicyclic amines) is 1. The van der Waals surface area contributed by atoms with E-state index in [0.717, 1.165) is 51.7 Å². The number of piperidine rings is 1. The summed E-state index contributed by atoms with van der Waals surface area (Å²) in [6, 6.07) is 9.02. The molecule has 23 heavy (non-hydrogen) atoms. The van der Waals surface area contributed by atoms with Gasteiger partial charge in [0.1, 0.15) is 0 Å². The Kier molecular flexibility index (Phi) is 5.71. The highest BCUT2D eigenvalue weighted by Gasteiger charge is 2.28. The maximum atomic E-state index is 13.0. The third kappa shape index (κ3) is 4.35. The van der Waals surface area contributed by atoms with Crippen molar-refractivity contribution in [1.29, 1.82) is 0 Å². The molecule has 0 bridgehead atoms. The Morgan fingerprint density at radius 3 is 2.78 bits per heavy atom. The van der Waals surface area contributed by atoms with E-state index in [4.69, 9.17) is 0 Å². The molecule has 0 aromatic heterocycles. The number of amides is 1. The van der Waals surface area contributed by atoms with Crippen molar-refractivity contribution < 1.29 is 4.79 Å². The highest BCUT2D eigenvalue weighted by Crippen LogP contribution is 2.32. The third-order valence-corrected chi connectivity index (χ3v) is 5.42. The molecule has 0 saturated carbocycles. The molecule has 1 aromatic carbocycles. The highest BCUT2D eigenvalue weighted by molar-refractivity contribution is 5.77. The number of carbonyl (C=O) groups is 1. The predicted octanol–water partition coefficient (Wildman–Crippen LogP) is 3.83. The maximum Gasteiger partial charge on any atom is 0.223 e. The van der Waals surface area contributed by atoms with E-state index in [9.17, 15) is 4.79 Å². The van der Waals surface area contributed by atoms with E-state index in [1.54, 1.807) is 0 Å². The summed E-state index contributed by atoms with van der Waals surface area (Å²) in [5.74, 6) is 0.954. The summed E-state index contributed by atoms with van der Waals surface area (Å²) in [5, 5.41) is 3.39. The van der Waals surface area contributed by atoms with Crippen LogP contribution in [0.5, 0.6) is 0 Å². The van der Waals surface area contributed by atoms with Crippen LogP contribution < -0.4 is 5.32 Å². The fourth-order valence-electron chi connectivity index (χ4n) is 4.08. The van der Waals surface area contributed by atoms with E-state index in [0.29, 0.717) is 11.8 Å². The van der Waals surface area contributed by atoms with Crippen LogP contribution in [0.1, 0.15) is 62.1 Å². The second kappa shape index (κ2) is 7.96. The average Bonchev–Trinajstić information content (AvgIpc) is 2.82. The van der Waals surface area contributed by atoms with Gasteiger partial charge in [0.15, 0.2) is 0 Å². The lowest BCUT2D eigenvalue weighted by Gasteiger charge is -2.33. The molecule has 1 unspecified atom stereocenters. The van der Waals surface area contributed by atoms with E-state index < -0.39 is 0 Å². The van der Waals surface area contributed by atoms with Crippen molar-refractivity contribution in [3.63, 3.8) is 0 Å². The van der Waals surface area contributed by atoms with Gasteiger partial charge in [-0.3, -0.25) is 4.79 Å². The number of benzene rings is 1. The molecule has 2 saturated heterocycles. The summed E-state index contributed by atoms with van der Waals surface area (Å²) >= 11 is 0. The zero-order chi connectivity index (χ0) is 16.1. The molecule has 0 radical (unpaired) electrons. The van der Waals surface area contributed by atoms with Gasteiger partial charge in [-0.15, -0.1) is 0 Å². The Labute approximate surface area is 140 Å².